The van der Waals surface area contributed by atoms with E-state index < -0.39 is 0 Å². The van der Waals surface area contributed by atoms with E-state index in [4.69, 9.17) is 27.1 Å². The van der Waals surface area contributed by atoms with E-state index in [2.05, 4.69) is 28.8 Å². The maximum atomic E-state index is 6.17. The van der Waals surface area contributed by atoms with Gasteiger partial charge in [0, 0.05) is 34.3 Å². The predicted molar refractivity (Wildman–Crippen MR) is 139 cm³/mol. The Balaban J connectivity index is 1.38. The molecule has 5 aromatic rings. The van der Waals surface area contributed by atoms with E-state index in [0.717, 1.165) is 50.4 Å². The molecule has 2 aromatic heterocycles. The number of aliphatic imine (C=N–C) groups is 1. The van der Waals surface area contributed by atoms with Crippen molar-refractivity contribution in [1.29, 1.82) is 0 Å². The van der Waals surface area contributed by atoms with E-state index in [1.54, 1.807) is 6.20 Å². The molecule has 0 amide bonds. The van der Waals surface area contributed by atoms with Gasteiger partial charge in [-0.05, 0) is 72.6 Å². The third kappa shape index (κ3) is 4.58. The number of benzene rings is 3. The number of nitrogens with one attached hydrogen (secondary N) is 1. The van der Waals surface area contributed by atoms with Gasteiger partial charge in [-0.25, -0.2) is 4.98 Å². The highest BCUT2D eigenvalue weighted by molar-refractivity contribution is 6.31. The fraction of sp³-hybridized carbons (Fsp3) is 0.148. The van der Waals surface area contributed by atoms with Crippen LogP contribution < -0.4 is 10.5 Å². The van der Waals surface area contributed by atoms with Crippen molar-refractivity contribution in [1.82, 2.24) is 15.0 Å². The normalized spacial score (nSPS) is 12.1. The second-order valence-electron chi connectivity index (χ2n) is 8.53. The Morgan fingerprint density at radius 2 is 1.85 bits per heavy atom. The van der Waals surface area contributed by atoms with E-state index in [1.807, 2.05) is 66.7 Å². The van der Waals surface area contributed by atoms with Crippen LogP contribution in [0.1, 0.15) is 19.4 Å². The summed E-state index contributed by atoms with van der Waals surface area (Å²) in [5.74, 6) is 3.23. The smallest absolute Gasteiger partial charge is 0.138 e. The quantitative estimate of drug-likeness (QED) is 0.217. The van der Waals surface area contributed by atoms with E-state index in [1.165, 1.54) is 0 Å². The molecule has 7 heteroatoms. The van der Waals surface area contributed by atoms with E-state index >= 15 is 0 Å². The van der Waals surface area contributed by atoms with Gasteiger partial charge in [-0.2, -0.15) is 0 Å². The number of pyridine rings is 1. The van der Waals surface area contributed by atoms with Gasteiger partial charge >= 0.3 is 0 Å². The molecule has 0 atom stereocenters. The van der Waals surface area contributed by atoms with Gasteiger partial charge in [-0.1, -0.05) is 25.4 Å². The van der Waals surface area contributed by atoms with Crippen molar-refractivity contribution in [2.45, 2.75) is 13.8 Å². The van der Waals surface area contributed by atoms with Crippen LogP contribution in [0.3, 0.4) is 0 Å². The lowest BCUT2D eigenvalue weighted by molar-refractivity contribution is 0.488. The fourth-order valence-corrected chi connectivity index (χ4v) is 3.84. The van der Waals surface area contributed by atoms with Crippen molar-refractivity contribution in [3.63, 3.8) is 0 Å². The van der Waals surface area contributed by atoms with Gasteiger partial charge in [0.05, 0.1) is 16.6 Å². The highest BCUT2D eigenvalue weighted by Gasteiger charge is 2.09. The molecule has 2 heterocycles. The lowest BCUT2D eigenvalue weighted by atomic mass is 10.2. The molecule has 0 fully saturated rings. The minimum absolute atomic E-state index is 0.462. The van der Waals surface area contributed by atoms with E-state index in [0.29, 0.717) is 23.3 Å². The predicted octanol–water partition coefficient (Wildman–Crippen LogP) is 6.59. The van der Waals surface area contributed by atoms with Crippen LogP contribution in [-0.2, 0) is 0 Å². The number of nitrogens with two attached hydrogens (primary N) is 1. The second kappa shape index (κ2) is 9.15. The third-order valence-electron chi connectivity index (χ3n) is 5.42. The summed E-state index contributed by atoms with van der Waals surface area (Å²) in [7, 11) is 0. The Labute approximate surface area is 202 Å². The number of rotatable bonds is 6. The van der Waals surface area contributed by atoms with Crippen molar-refractivity contribution >= 4 is 39.4 Å². The van der Waals surface area contributed by atoms with Gasteiger partial charge in [0.2, 0.25) is 0 Å². The zero-order chi connectivity index (χ0) is 23.7. The number of nitrogens with zero attached hydrogens (tertiary/aromatic N) is 3. The number of aromatic nitrogens is 3. The van der Waals surface area contributed by atoms with E-state index in [-0.39, 0.29) is 0 Å². The summed E-state index contributed by atoms with van der Waals surface area (Å²) in [6.07, 6.45) is 1.71. The summed E-state index contributed by atoms with van der Waals surface area (Å²) in [5.41, 5.74) is 10.6. The van der Waals surface area contributed by atoms with Crippen LogP contribution >= 0.6 is 11.6 Å². The van der Waals surface area contributed by atoms with Crippen LogP contribution in [0, 0.1) is 5.92 Å². The van der Waals surface area contributed by atoms with Crippen molar-refractivity contribution in [2.75, 3.05) is 6.54 Å². The lowest BCUT2D eigenvalue weighted by Gasteiger charge is -2.09. The molecule has 5 rings (SSSR count). The van der Waals surface area contributed by atoms with Crippen LogP contribution in [0.4, 0.5) is 0 Å². The van der Waals surface area contributed by atoms with Gasteiger partial charge in [-0.15, -0.1) is 0 Å². The summed E-state index contributed by atoms with van der Waals surface area (Å²) in [4.78, 5) is 16.9. The molecule has 0 spiro atoms. The summed E-state index contributed by atoms with van der Waals surface area (Å²) in [5, 5.41) is 1.55. The van der Waals surface area contributed by atoms with Crippen LogP contribution in [-0.4, -0.2) is 27.3 Å². The first-order valence-electron chi connectivity index (χ1n) is 11.1. The summed E-state index contributed by atoms with van der Waals surface area (Å²) >= 11 is 6.08. The van der Waals surface area contributed by atoms with Crippen molar-refractivity contribution in [2.24, 2.45) is 16.6 Å². The Kier molecular flexibility index (Phi) is 5.90. The molecule has 0 aliphatic carbocycles. The number of fused-ring (bicyclic) bond motifs is 2. The lowest BCUT2D eigenvalue weighted by Crippen LogP contribution is -2.14. The first-order valence-corrected chi connectivity index (χ1v) is 11.5. The standard InChI is InChI=1S/C27H24ClN5O/c1-16(2)15-31-26(29)18-5-10-22-24(13-18)33-27(32-22)17-3-7-20(8-4-17)34-25-11-12-30-23-14-19(28)6-9-21(23)25/h3-14,16H,15H2,1-2H3,(H2,29,31)(H,32,33). The highest BCUT2D eigenvalue weighted by Crippen LogP contribution is 2.31. The topological polar surface area (TPSA) is 89.2 Å². The zero-order valence-corrected chi connectivity index (χ0v) is 19.7. The molecule has 6 nitrogen and oxygen atoms in total. The summed E-state index contributed by atoms with van der Waals surface area (Å²) in [6, 6.07) is 21.1. The number of halogens is 1. The molecule has 34 heavy (non-hydrogen) atoms. The molecule has 0 unspecified atom stereocenters. The van der Waals surface area contributed by atoms with Gasteiger partial charge in [-0.3, -0.25) is 9.98 Å². The highest BCUT2D eigenvalue weighted by atomic mass is 35.5. The Hall–Kier alpha value is -3.90. The van der Waals surface area contributed by atoms with Crippen LogP contribution in [0.15, 0.2) is 77.9 Å². The van der Waals surface area contributed by atoms with Gasteiger partial charge in [0.25, 0.3) is 0 Å². The number of H-pyrrole nitrogens is 1. The number of hydrogen-bond donors (Lipinski definition) is 2. The number of amidine groups is 1. The Morgan fingerprint density at radius 3 is 2.65 bits per heavy atom. The second-order valence-corrected chi connectivity index (χ2v) is 8.97. The van der Waals surface area contributed by atoms with Crippen LogP contribution in [0.5, 0.6) is 11.5 Å². The first-order chi connectivity index (χ1) is 16.5. The molecule has 170 valence electrons. The number of ether oxygens (including phenoxy) is 1. The molecule has 0 aliphatic heterocycles. The van der Waals surface area contributed by atoms with Gasteiger partial charge < -0.3 is 15.5 Å². The molecule has 0 aliphatic rings. The Bertz CT molecular complexity index is 1510. The molecule has 3 aromatic carbocycles. The zero-order valence-electron chi connectivity index (χ0n) is 18.9. The summed E-state index contributed by atoms with van der Waals surface area (Å²) < 4.78 is 6.12. The fourth-order valence-electron chi connectivity index (χ4n) is 3.67. The monoisotopic (exact) mass is 469 g/mol. The number of aromatic amines is 1. The minimum Gasteiger partial charge on any atom is -0.457 e. The first kappa shape index (κ1) is 21.9. The van der Waals surface area contributed by atoms with Crippen LogP contribution in [0.25, 0.3) is 33.3 Å². The maximum absolute atomic E-state index is 6.17. The molecular weight excluding hydrogens is 446 g/mol. The molecular formula is C27H24ClN5O. The molecule has 0 saturated heterocycles. The van der Waals surface area contributed by atoms with Crippen LogP contribution in [0.2, 0.25) is 5.02 Å². The largest absolute Gasteiger partial charge is 0.457 e. The number of imidazole rings is 1. The molecule has 0 bridgehead atoms. The third-order valence-corrected chi connectivity index (χ3v) is 5.66. The maximum Gasteiger partial charge on any atom is 0.138 e. The van der Waals surface area contributed by atoms with Gasteiger partial charge in [0.1, 0.15) is 23.2 Å². The average molecular weight is 470 g/mol. The number of hydrogen-bond acceptors (Lipinski definition) is 4. The molecule has 3 N–H and O–H groups in total. The SMILES string of the molecule is CC(C)CN=C(N)c1ccc2nc(-c3ccc(Oc4ccnc5cc(Cl)ccc45)cc3)[nH]c2c1. The molecule has 0 radical (unpaired) electrons. The van der Waals surface area contributed by atoms with E-state index in [9.17, 15) is 0 Å². The molecule has 0 saturated carbocycles. The van der Waals surface area contributed by atoms with Crippen molar-refractivity contribution in [3.05, 3.63) is 83.5 Å². The van der Waals surface area contributed by atoms with Crippen molar-refractivity contribution in [3.8, 4) is 22.9 Å². The van der Waals surface area contributed by atoms with Gasteiger partial charge in [0.15, 0.2) is 0 Å². The Morgan fingerprint density at radius 1 is 1.03 bits per heavy atom. The average Bonchev–Trinajstić information content (AvgIpc) is 3.26. The van der Waals surface area contributed by atoms with Crippen molar-refractivity contribution < 1.29 is 4.74 Å². The minimum atomic E-state index is 0.462. The summed E-state index contributed by atoms with van der Waals surface area (Å²) in [6.45, 7) is 4.94.